The van der Waals surface area contributed by atoms with Crippen LogP contribution in [0.4, 0.5) is 17.1 Å². The summed E-state index contributed by atoms with van der Waals surface area (Å²) in [5.41, 5.74) is 9.87. The lowest BCUT2D eigenvalue weighted by Gasteiger charge is -2.26. The number of para-hydroxylation sites is 1. The van der Waals surface area contributed by atoms with Gasteiger partial charge < -0.3 is 9.32 Å². The molecule has 10 aromatic rings. The predicted molar refractivity (Wildman–Crippen MR) is 212 cm³/mol. The quantitative estimate of drug-likeness (QED) is 0.175. The summed E-state index contributed by atoms with van der Waals surface area (Å²) >= 11 is 0. The zero-order chi connectivity index (χ0) is 33.0. The summed E-state index contributed by atoms with van der Waals surface area (Å²) in [6, 6.07) is 67.6. The minimum absolute atomic E-state index is 0.889. The molecule has 0 amide bonds. The molecule has 0 aliphatic carbocycles. The molecule has 0 aliphatic rings. The van der Waals surface area contributed by atoms with E-state index in [-0.39, 0.29) is 0 Å². The van der Waals surface area contributed by atoms with Crippen LogP contribution in [0.2, 0.25) is 0 Å². The van der Waals surface area contributed by atoms with Gasteiger partial charge in [0, 0.05) is 27.8 Å². The van der Waals surface area contributed by atoms with Crippen LogP contribution in [0, 0.1) is 0 Å². The number of anilines is 3. The summed E-state index contributed by atoms with van der Waals surface area (Å²) in [5.74, 6) is 0. The summed E-state index contributed by atoms with van der Waals surface area (Å²) in [7, 11) is 0. The largest absolute Gasteiger partial charge is 0.456 e. The van der Waals surface area contributed by atoms with Gasteiger partial charge in [0.05, 0.1) is 0 Å². The van der Waals surface area contributed by atoms with E-state index in [1.807, 2.05) is 12.1 Å². The normalized spacial score (nSPS) is 11.6. The third-order valence-electron chi connectivity index (χ3n) is 10.0. The van der Waals surface area contributed by atoms with Crippen LogP contribution in [0.1, 0.15) is 0 Å². The molecule has 1 heterocycles. The Hall–Kier alpha value is -6.64. The fraction of sp³-hybridized carbons (Fsp3) is 0. The van der Waals surface area contributed by atoms with Crippen molar-refractivity contribution < 1.29 is 4.42 Å². The van der Waals surface area contributed by atoms with Gasteiger partial charge in [0.15, 0.2) is 0 Å². The number of nitrogens with zero attached hydrogens (tertiary/aromatic N) is 1. The van der Waals surface area contributed by atoms with Gasteiger partial charge in [0.2, 0.25) is 0 Å². The lowest BCUT2D eigenvalue weighted by molar-refractivity contribution is 0.669. The molecule has 10 rings (SSSR count). The highest BCUT2D eigenvalue weighted by Gasteiger charge is 2.17. The van der Waals surface area contributed by atoms with E-state index < -0.39 is 0 Å². The fourth-order valence-electron chi connectivity index (χ4n) is 7.63. The number of furan rings is 1. The lowest BCUT2D eigenvalue weighted by atomic mass is 9.90. The average Bonchev–Trinajstić information content (AvgIpc) is 3.56. The van der Waals surface area contributed by atoms with Crippen molar-refractivity contribution in [3.63, 3.8) is 0 Å². The molecular formula is C48H31NO. The first-order valence-electron chi connectivity index (χ1n) is 17.1. The molecule has 0 radical (unpaired) electrons. The molecular weight excluding hydrogens is 607 g/mol. The van der Waals surface area contributed by atoms with E-state index in [2.05, 4.69) is 181 Å². The highest BCUT2D eigenvalue weighted by atomic mass is 16.3. The molecule has 0 unspecified atom stereocenters. The van der Waals surface area contributed by atoms with E-state index >= 15 is 0 Å². The lowest BCUT2D eigenvalue weighted by Crippen LogP contribution is -2.09. The minimum atomic E-state index is 0.889. The molecule has 0 aliphatic heterocycles. The molecule has 50 heavy (non-hydrogen) atoms. The Labute approximate surface area is 290 Å². The maximum atomic E-state index is 6.21. The van der Waals surface area contributed by atoms with Gasteiger partial charge in [-0.05, 0) is 109 Å². The van der Waals surface area contributed by atoms with Gasteiger partial charge in [-0.1, -0.05) is 133 Å². The summed E-state index contributed by atoms with van der Waals surface area (Å²) < 4.78 is 6.21. The van der Waals surface area contributed by atoms with Crippen LogP contribution in [0.3, 0.4) is 0 Å². The fourth-order valence-corrected chi connectivity index (χ4v) is 7.63. The second-order valence-corrected chi connectivity index (χ2v) is 12.9. The number of hydrogen-bond acceptors (Lipinski definition) is 2. The van der Waals surface area contributed by atoms with Gasteiger partial charge in [-0.25, -0.2) is 0 Å². The topological polar surface area (TPSA) is 16.4 Å². The predicted octanol–water partition coefficient (Wildman–Crippen LogP) is 13.8. The van der Waals surface area contributed by atoms with Gasteiger partial charge in [-0.2, -0.15) is 0 Å². The number of benzene rings is 9. The summed E-state index contributed by atoms with van der Waals surface area (Å²) in [6.07, 6.45) is 0. The van der Waals surface area contributed by atoms with Crippen molar-refractivity contribution in [2.24, 2.45) is 0 Å². The van der Waals surface area contributed by atoms with Crippen LogP contribution in [0.5, 0.6) is 0 Å². The Bertz CT molecular complexity index is 2850. The highest BCUT2D eigenvalue weighted by molar-refractivity contribution is 6.23. The van der Waals surface area contributed by atoms with Gasteiger partial charge in [-0.15, -0.1) is 0 Å². The van der Waals surface area contributed by atoms with Crippen LogP contribution < -0.4 is 4.90 Å². The van der Waals surface area contributed by atoms with Crippen molar-refractivity contribution in [1.82, 2.24) is 0 Å². The summed E-state index contributed by atoms with van der Waals surface area (Å²) in [4.78, 5) is 2.34. The molecule has 0 N–H and O–H groups in total. The van der Waals surface area contributed by atoms with E-state index in [4.69, 9.17) is 4.42 Å². The van der Waals surface area contributed by atoms with E-state index in [9.17, 15) is 0 Å². The van der Waals surface area contributed by atoms with Crippen LogP contribution in [-0.4, -0.2) is 0 Å². The molecule has 1 aromatic heterocycles. The Kier molecular flexibility index (Phi) is 6.53. The zero-order valence-corrected chi connectivity index (χ0v) is 27.3. The van der Waals surface area contributed by atoms with Gasteiger partial charge in [-0.3, -0.25) is 0 Å². The standard InChI is InChI=1S/C48H31NO/c1-2-10-32(11-3-1)33-18-23-37(24-19-33)49(39-27-29-47-45(31-39)42-16-8-9-17-46(42)50-47)38-25-20-35(21-26-38)44-30-36-13-5-6-14-40(36)43-28-22-34-12-4-7-15-41(34)48(43)44/h1-31H. The molecule has 0 saturated heterocycles. The van der Waals surface area contributed by atoms with Crippen LogP contribution in [-0.2, 0) is 0 Å². The van der Waals surface area contributed by atoms with Gasteiger partial charge >= 0.3 is 0 Å². The first-order chi connectivity index (χ1) is 24.8. The monoisotopic (exact) mass is 637 g/mol. The van der Waals surface area contributed by atoms with Gasteiger partial charge in [0.1, 0.15) is 11.2 Å². The summed E-state index contributed by atoms with van der Waals surface area (Å²) in [5, 5.41) is 9.85. The van der Waals surface area contributed by atoms with Crippen molar-refractivity contribution in [3.05, 3.63) is 188 Å². The third kappa shape index (κ3) is 4.65. The molecule has 234 valence electrons. The molecule has 0 spiro atoms. The highest BCUT2D eigenvalue weighted by Crippen LogP contribution is 2.42. The molecule has 0 fully saturated rings. The molecule has 2 heteroatoms. The summed E-state index contributed by atoms with van der Waals surface area (Å²) in [6.45, 7) is 0. The Balaban J connectivity index is 1.14. The van der Waals surface area contributed by atoms with Crippen LogP contribution >= 0.6 is 0 Å². The first-order valence-corrected chi connectivity index (χ1v) is 17.1. The Morgan fingerprint density at radius 2 is 0.900 bits per heavy atom. The van der Waals surface area contributed by atoms with Crippen molar-refractivity contribution in [1.29, 1.82) is 0 Å². The Morgan fingerprint density at radius 1 is 0.320 bits per heavy atom. The zero-order valence-electron chi connectivity index (χ0n) is 27.3. The van der Waals surface area contributed by atoms with E-state index in [0.29, 0.717) is 0 Å². The molecule has 0 bridgehead atoms. The molecule has 2 nitrogen and oxygen atoms in total. The van der Waals surface area contributed by atoms with Gasteiger partial charge in [0.25, 0.3) is 0 Å². The number of rotatable bonds is 5. The van der Waals surface area contributed by atoms with Crippen molar-refractivity contribution in [2.75, 3.05) is 4.90 Å². The minimum Gasteiger partial charge on any atom is -0.456 e. The van der Waals surface area contributed by atoms with Crippen LogP contribution in [0.25, 0.3) is 76.5 Å². The third-order valence-corrected chi connectivity index (χ3v) is 10.0. The Morgan fingerprint density at radius 3 is 1.68 bits per heavy atom. The van der Waals surface area contributed by atoms with E-state index in [1.54, 1.807) is 0 Å². The number of fused-ring (bicyclic) bond motifs is 8. The van der Waals surface area contributed by atoms with Crippen molar-refractivity contribution in [2.45, 2.75) is 0 Å². The molecule has 0 saturated carbocycles. The maximum Gasteiger partial charge on any atom is 0.135 e. The molecule has 9 aromatic carbocycles. The van der Waals surface area contributed by atoms with E-state index in [1.165, 1.54) is 54.6 Å². The van der Waals surface area contributed by atoms with Crippen LogP contribution in [0.15, 0.2) is 192 Å². The SMILES string of the molecule is c1ccc(-c2ccc(N(c3ccc(-c4cc5ccccc5c5ccc6ccccc6c45)cc3)c3ccc4oc5ccccc5c4c3)cc2)cc1. The second-order valence-electron chi connectivity index (χ2n) is 12.9. The second kappa shape index (κ2) is 11.5. The average molecular weight is 638 g/mol. The number of hydrogen-bond donors (Lipinski definition) is 0. The van der Waals surface area contributed by atoms with Crippen molar-refractivity contribution >= 4 is 71.3 Å². The maximum absolute atomic E-state index is 6.21. The van der Waals surface area contributed by atoms with Crippen molar-refractivity contribution in [3.8, 4) is 22.3 Å². The smallest absolute Gasteiger partial charge is 0.135 e. The van der Waals surface area contributed by atoms with E-state index in [0.717, 1.165) is 39.0 Å². The first kappa shape index (κ1) is 28.4. The molecule has 0 atom stereocenters.